The van der Waals surface area contributed by atoms with E-state index in [1.165, 1.54) is 11.1 Å². The molecule has 2 aromatic rings. The van der Waals surface area contributed by atoms with E-state index in [-0.39, 0.29) is 6.47 Å². The molecule has 1 N–H and O–H groups in total. The maximum Gasteiger partial charge on any atom is 0.290 e. The number of ether oxygens (including phenoxy) is 3. The Hall–Kier alpha value is -2.69. The van der Waals surface area contributed by atoms with Gasteiger partial charge in [-0.3, -0.25) is 4.79 Å². The minimum Gasteiger partial charge on any atom is -0.494 e. The van der Waals surface area contributed by atoms with Gasteiger partial charge in [-0.1, -0.05) is 32.0 Å². The predicted octanol–water partition coefficient (Wildman–Crippen LogP) is 5.00. The first-order chi connectivity index (χ1) is 13.2. The number of carbonyl (C=O) groups is 1. The van der Waals surface area contributed by atoms with Crippen LogP contribution in [0.5, 0.6) is 17.2 Å². The van der Waals surface area contributed by atoms with Gasteiger partial charge < -0.3 is 19.3 Å². The summed E-state index contributed by atoms with van der Waals surface area (Å²) in [7, 11) is 3.32. The molecule has 5 heteroatoms. The fraction of sp³-hybridized carbons (Fsp3) is 0.409. The quantitative estimate of drug-likeness (QED) is 0.657. The molecule has 0 aliphatic carbocycles. The molecular formula is C22H32O5. The second-order valence-corrected chi connectivity index (χ2v) is 5.23. The molecule has 0 unspecified atom stereocenters. The highest BCUT2D eigenvalue weighted by molar-refractivity contribution is 5.43. The molecule has 150 valence electrons. The molecule has 2 rings (SSSR count). The van der Waals surface area contributed by atoms with Crippen LogP contribution in [0.3, 0.4) is 0 Å². The van der Waals surface area contributed by atoms with Crippen molar-refractivity contribution >= 4 is 6.47 Å². The first-order valence-electron chi connectivity index (χ1n) is 9.19. The summed E-state index contributed by atoms with van der Waals surface area (Å²) >= 11 is 0. The van der Waals surface area contributed by atoms with Gasteiger partial charge in [-0.05, 0) is 61.6 Å². The van der Waals surface area contributed by atoms with E-state index >= 15 is 0 Å². The third-order valence-electron chi connectivity index (χ3n) is 3.59. The first kappa shape index (κ1) is 24.3. The van der Waals surface area contributed by atoms with Crippen molar-refractivity contribution in [3.05, 3.63) is 53.6 Å². The lowest BCUT2D eigenvalue weighted by Crippen LogP contribution is -1.95. The Labute approximate surface area is 162 Å². The van der Waals surface area contributed by atoms with Crippen molar-refractivity contribution in [1.29, 1.82) is 0 Å². The summed E-state index contributed by atoms with van der Waals surface area (Å²) in [6.45, 7) is 6.46. The van der Waals surface area contributed by atoms with Gasteiger partial charge in [-0.25, -0.2) is 0 Å². The van der Waals surface area contributed by atoms with Gasteiger partial charge in [0, 0.05) is 0 Å². The highest BCUT2D eigenvalue weighted by Crippen LogP contribution is 2.28. The number of carboxylic acid groups (broad SMARTS) is 1. The third-order valence-corrected chi connectivity index (χ3v) is 3.59. The minimum atomic E-state index is -0.250. The number of hydrogen-bond acceptors (Lipinski definition) is 4. The van der Waals surface area contributed by atoms with E-state index in [4.69, 9.17) is 24.1 Å². The molecule has 0 atom stereocenters. The molecule has 27 heavy (non-hydrogen) atoms. The molecule has 0 radical (unpaired) electrons. The van der Waals surface area contributed by atoms with Crippen molar-refractivity contribution in [3.8, 4) is 17.2 Å². The molecule has 0 aliphatic heterocycles. The van der Waals surface area contributed by atoms with Gasteiger partial charge in [0.2, 0.25) is 0 Å². The average molecular weight is 376 g/mol. The average Bonchev–Trinajstić information content (AvgIpc) is 2.70. The molecule has 0 amide bonds. The van der Waals surface area contributed by atoms with Crippen LogP contribution in [0.1, 0.15) is 38.3 Å². The SMILES string of the molecule is CC.CCOc1cccc(CCCc2ccc(OC)c(OC)c2)c1.O=CO. The van der Waals surface area contributed by atoms with E-state index in [9.17, 15) is 0 Å². The van der Waals surface area contributed by atoms with Crippen molar-refractivity contribution < 1.29 is 24.1 Å². The van der Waals surface area contributed by atoms with Gasteiger partial charge >= 0.3 is 0 Å². The number of rotatable bonds is 8. The Balaban J connectivity index is 0.00000123. The Morgan fingerprint density at radius 1 is 0.926 bits per heavy atom. The molecule has 0 saturated heterocycles. The first-order valence-corrected chi connectivity index (χ1v) is 9.19. The Morgan fingerprint density at radius 3 is 2.07 bits per heavy atom. The van der Waals surface area contributed by atoms with Gasteiger partial charge in [-0.15, -0.1) is 0 Å². The van der Waals surface area contributed by atoms with E-state index in [0.717, 1.165) is 36.5 Å². The van der Waals surface area contributed by atoms with Gasteiger partial charge in [0.1, 0.15) is 5.75 Å². The van der Waals surface area contributed by atoms with Gasteiger partial charge in [0.05, 0.1) is 20.8 Å². The predicted molar refractivity (Wildman–Crippen MR) is 109 cm³/mol. The molecule has 0 spiro atoms. The van der Waals surface area contributed by atoms with Crippen LogP contribution in [-0.2, 0) is 17.6 Å². The van der Waals surface area contributed by atoms with Crippen LogP contribution in [0.2, 0.25) is 0 Å². The molecule has 0 heterocycles. The van der Waals surface area contributed by atoms with E-state index in [1.807, 2.05) is 32.9 Å². The maximum absolute atomic E-state index is 8.36. The number of benzene rings is 2. The second kappa shape index (κ2) is 15.6. The van der Waals surface area contributed by atoms with Crippen LogP contribution in [0.25, 0.3) is 0 Å². The monoisotopic (exact) mass is 376 g/mol. The summed E-state index contributed by atoms with van der Waals surface area (Å²) in [5.41, 5.74) is 2.57. The fourth-order valence-corrected chi connectivity index (χ4v) is 2.49. The second-order valence-electron chi connectivity index (χ2n) is 5.23. The highest BCUT2D eigenvalue weighted by Gasteiger charge is 2.05. The summed E-state index contributed by atoms with van der Waals surface area (Å²) in [6, 6.07) is 14.4. The number of methoxy groups -OCH3 is 2. The van der Waals surface area contributed by atoms with Crippen molar-refractivity contribution in [1.82, 2.24) is 0 Å². The van der Waals surface area contributed by atoms with Gasteiger partial charge in [-0.2, -0.15) is 0 Å². The summed E-state index contributed by atoms with van der Waals surface area (Å²) in [4.78, 5) is 8.36. The summed E-state index contributed by atoms with van der Waals surface area (Å²) < 4.78 is 16.1. The zero-order valence-electron chi connectivity index (χ0n) is 17.0. The fourth-order valence-electron chi connectivity index (χ4n) is 2.49. The standard InChI is InChI=1S/C19H24O3.C2H6.CH2O2/c1-4-22-17-10-6-9-15(13-17)7-5-8-16-11-12-18(20-2)19(14-16)21-3;1-2;2-1-3/h6,9-14H,4-5,7-8H2,1-3H3;1-2H3;1H,(H,2,3). The Bertz CT molecular complexity index is 640. The van der Waals surface area contributed by atoms with Crippen molar-refractivity contribution in [2.75, 3.05) is 20.8 Å². The van der Waals surface area contributed by atoms with Crippen LogP contribution in [0.15, 0.2) is 42.5 Å². The lowest BCUT2D eigenvalue weighted by Gasteiger charge is -2.10. The summed E-state index contributed by atoms with van der Waals surface area (Å²) in [6.07, 6.45) is 3.14. The van der Waals surface area contributed by atoms with Crippen LogP contribution < -0.4 is 14.2 Å². The lowest BCUT2D eigenvalue weighted by molar-refractivity contribution is -0.122. The largest absolute Gasteiger partial charge is 0.494 e. The molecular weight excluding hydrogens is 344 g/mol. The maximum atomic E-state index is 8.36. The van der Waals surface area contributed by atoms with Gasteiger partial charge in [0.25, 0.3) is 6.47 Å². The van der Waals surface area contributed by atoms with E-state index in [2.05, 4.69) is 30.3 Å². The molecule has 2 aromatic carbocycles. The van der Waals surface area contributed by atoms with E-state index < -0.39 is 0 Å². The Kier molecular flexibility index (Phi) is 14.0. The van der Waals surface area contributed by atoms with Crippen LogP contribution >= 0.6 is 0 Å². The minimum absolute atomic E-state index is 0.250. The normalized spacial score (nSPS) is 9.07. The van der Waals surface area contributed by atoms with Gasteiger partial charge in [0.15, 0.2) is 11.5 Å². The molecule has 5 nitrogen and oxygen atoms in total. The summed E-state index contributed by atoms with van der Waals surface area (Å²) in [5.74, 6) is 2.51. The Morgan fingerprint density at radius 2 is 1.52 bits per heavy atom. The van der Waals surface area contributed by atoms with Crippen molar-refractivity contribution in [3.63, 3.8) is 0 Å². The van der Waals surface area contributed by atoms with E-state index in [0.29, 0.717) is 6.61 Å². The summed E-state index contributed by atoms with van der Waals surface area (Å²) in [5, 5.41) is 6.89. The molecule has 0 fully saturated rings. The molecule has 0 aromatic heterocycles. The third kappa shape index (κ3) is 9.54. The number of aryl methyl sites for hydroxylation is 2. The zero-order chi connectivity index (χ0) is 20.5. The molecule has 0 saturated carbocycles. The van der Waals surface area contributed by atoms with Crippen LogP contribution in [-0.4, -0.2) is 32.4 Å². The highest BCUT2D eigenvalue weighted by atomic mass is 16.5. The topological polar surface area (TPSA) is 65.0 Å². The molecule has 0 aliphatic rings. The lowest BCUT2D eigenvalue weighted by atomic mass is 10.0. The van der Waals surface area contributed by atoms with Crippen LogP contribution in [0.4, 0.5) is 0 Å². The van der Waals surface area contributed by atoms with Crippen molar-refractivity contribution in [2.45, 2.75) is 40.0 Å². The van der Waals surface area contributed by atoms with E-state index in [1.54, 1.807) is 14.2 Å². The van der Waals surface area contributed by atoms with Crippen molar-refractivity contribution in [2.24, 2.45) is 0 Å². The number of hydrogen-bond donors (Lipinski definition) is 1. The molecule has 0 bridgehead atoms. The smallest absolute Gasteiger partial charge is 0.290 e. The zero-order valence-corrected chi connectivity index (χ0v) is 17.0. The van der Waals surface area contributed by atoms with Crippen LogP contribution in [0, 0.1) is 0 Å².